The van der Waals surface area contributed by atoms with Gasteiger partial charge in [0.25, 0.3) is 0 Å². The maximum absolute atomic E-state index is 3.05. The average molecular weight is 347 g/mol. The van der Waals surface area contributed by atoms with Crippen LogP contribution in [0.4, 0.5) is 0 Å². The van der Waals surface area contributed by atoms with Gasteiger partial charge in [0, 0.05) is 35.4 Å². The lowest BCUT2D eigenvalue weighted by molar-refractivity contribution is -0.596. The number of hydrogen-bond acceptors (Lipinski definition) is 0. The van der Waals surface area contributed by atoms with E-state index < -0.39 is 0 Å². The smallest absolute Gasteiger partial charge is 0.216 e. The van der Waals surface area contributed by atoms with E-state index in [4.69, 9.17) is 0 Å². The molecule has 1 N–H and O–H groups in total. The molecule has 23 heavy (non-hydrogen) atoms. The number of H-pyrrole nitrogens is 1. The molecule has 0 aliphatic heterocycles. The molecule has 0 atom stereocenters. The van der Waals surface area contributed by atoms with Gasteiger partial charge in [0.1, 0.15) is 0 Å². The van der Waals surface area contributed by atoms with Crippen LogP contribution in [0.25, 0.3) is 16.8 Å². The molecule has 0 radical (unpaired) electrons. The van der Waals surface area contributed by atoms with Gasteiger partial charge in [-0.2, -0.15) is 4.57 Å². The molecule has 4 heteroatoms. The van der Waals surface area contributed by atoms with Crippen molar-refractivity contribution in [2.24, 2.45) is 0 Å². The van der Waals surface area contributed by atoms with Gasteiger partial charge < -0.3 is 24.8 Å². The van der Waals surface area contributed by atoms with E-state index in [0.29, 0.717) is 0 Å². The Morgan fingerprint density at radius 2 is 1.22 bits per heavy atom. The molecule has 3 rings (SSSR count). The van der Waals surface area contributed by atoms with Gasteiger partial charge in [0.2, 0.25) is 5.69 Å². The first kappa shape index (κ1) is 19.1. The van der Waals surface area contributed by atoms with Crippen molar-refractivity contribution in [1.82, 2.24) is 0 Å². The lowest BCUT2D eigenvalue weighted by Gasteiger charge is -2.06. The van der Waals surface area contributed by atoms with Gasteiger partial charge >= 0.3 is 0 Å². The number of nitrogens with one attached hydrogen (secondary N) is 1. The molecule has 120 valence electrons. The number of aromatic nitrogens is 2. The first-order chi connectivity index (χ1) is 10.1. The Labute approximate surface area is 150 Å². The summed E-state index contributed by atoms with van der Waals surface area (Å²) in [6, 6.07) is 13.0. The largest absolute Gasteiger partial charge is 1.00 e. The Bertz CT molecular complexity index is 746. The van der Waals surface area contributed by atoms with Crippen LogP contribution in [0.5, 0.6) is 0 Å². The van der Waals surface area contributed by atoms with Gasteiger partial charge in [-0.05, 0) is 44.0 Å². The molecule has 0 saturated carbocycles. The van der Waals surface area contributed by atoms with Crippen molar-refractivity contribution in [3.05, 3.63) is 77.9 Å². The highest BCUT2D eigenvalue weighted by molar-refractivity contribution is 5.61. The number of benzene rings is 1. The van der Waals surface area contributed by atoms with Crippen molar-refractivity contribution in [2.75, 3.05) is 0 Å². The van der Waals surface area contributed by atoms with E-state index in [-0.39, 0.29) is 24.8 Å². The molecule has 0 aliphatic rings. The lowest BCUT2D eigenvalue weighted by Crippen LogP contribution is -3.00. The highest BCUT2D eigenvalue weighted by Crippen LogP contribution is 2.18. The molecule has 2 aromatic heterocycles. The zero-order valence-electron chi connectivity index (χ0n) is 13.5. The third kappa shape index (κ3) is 4.10. The van der Waals surface area contributed by atoms with Gasteiger partial charge in [0.05, 0.1) is 0 Å². The highest BCUT2D eigenvalue weighted by Gasteiger charge is 2.14. The predicted octanol–water partition coefficient (Wildman–Crippen LogP) is -2.62. The molecule has 0 unspecified atom stereocenters. The fourth-order valence-electron chi connectivity index (χ4n) is 2.93. The van der Waals surface area contributed by atoms with E-state index >= 15 is 0 Å². The Morgan fingerprint density at radius 3 is 1.74 bits per heavy atom. The van der Waals surface area contributed by atoms with Gasteiger partial charge in [0.15, 0.2) is 24.8 Å². The molecule has 0 bridgehead atoms. The minimum Gasteiger partial charge on any atom is -1.00 e. The molecular weight excluding hydrogens is 327 g/mol. The van der Waals surface area contributed by atoms with Gasteiger partial charge in [-0.15, -0.1) is 0 Å². The minimum atomic E-state index is 0. The third-order valence-corrected chi connectivity index (χ3v) is 3.77. The van der Waals surface area contributed by atoms with Crippen molar-refractivity contribution in [3.63, 3.8) is 0 Å². The minimum absolute atomic E-state index is 0. The zero-order valence-corrected chi connectivity index (χ0v) is 15.0. The molecule has 0 saturated heterocycles. The average Bonchev–Trinajstić information content (AvgIpc) is 2.48. The second-order valence-electron chi connectivity index (χ2n) is 5.53. The lowest BCUT2D eigenvalue weighted by atomic mass is 10.0. The standard InChI is InChI=1S/C19H19N2.2ClH/c1-14-12-15(2)19(16(3)13-14)21-10-6-18(7-11-21)17-4-8-20-9-5-17;;/h4-13H,1-3H3;2*1H/q+1;;/p-1. The summed E-state index contributed by atoms with van der Waals surface area (Å²) >= 11 is 0. The number of hydrogen-bond donors (Lipinski definition) is 0. The zero-order chi connectivity index (χ0) is 14.8. The molecule has 3 aromatic rings. The van der Waals surface area contributed by atoms with Crippen LogP contribution < -0.4 is 34.4 Å². The van der Waals surface area contributed by atoms with Crippen molar-refractivity contribution in [3.8, 4) is 16.8 Å². The van der Waals surface area contributed by atoms with Crippen LogP contribution in [0.15, 0.2) is 61.2 Å². The number of rotatable bonds is 2. The van der Waals surface area contributed by atoms with E-state index in [2.05, 4.69) is 79.1 Å². The molecule has 2 nitrogen and oxygen atoms in total. The summed E-state index contributed by atoms with van der Waals surface area (Å²) in [7, 11) is 0. The Morgan fingerprint density at radius 1 is 0.739 bits per heavy atom. The second kappa shape index (κ2) is 8.09. The summed E-state index contributed by atoms with van der Waals surface area (Å²) in [5.74, 6) is 0. The van der Waals surface area contributed by atoms with Crippen LogP contribution in [0, 0.1) is 20.8 Å². The molecule has 1 aromatic carbocycles. The van der Waals surface area contributed by atoms with Gasteiger partial charge in [-0.3, -0.25) is 0 Å². The van der Waals surface area contributed by atoms with Crippen LogP contribution in [0.1, 0.15) is 16.7 Å². The van der Waals surface area contributed by atoms with Crippen LogP contribution in [0.3, 0.4) is 0 Å². The molecule has 0 aliphatic carbocycles. The fraction of sp³-hybridized carbons (Fsp3) is 0.158. The van der Waals surface area contributed by atoms with Crippen molar-refractivity contribution >= 4 is 0 Å². The SMILES string of the molecule is Cc1cc(C)c(-[n+]2ccc(-c3cc[nH+]cc3)cc2)c(C)c1.[Cl-].[Cl-]. The number of pyridine rings is 2. The second-order valence-corrected chi connectivity index (χ2v) is 5.53. The van der Waals surface area contributed by atoms with Crippen LogP contribution in [0.2, 0.25) is 0 Å². The fourth-order valence-corrected chi connectivity index (χ4v) is 2.93. The Kier molecular flexibility index (Phi) is 6.74. The first-order valence-corrected chi connectivity index (χ1v) is 7.21. The van der Waals surface area contributed by atoms with Crippen molar-refractivity contribution in [2.45, 2.75) is 20.8 Å². The Balaban J connectivity index is 0.00000132. The van der Waals surface area contributed by atoms with E-state index in [0.717, 1.165) is 0 Å². The molecule has 0 amide bonds. The molecule has 0 fully saturated rings. The van der Waals surface area contributed by atoms with Crippen LogP contribution in [-0.4, -0.2) is 0 Å². The molecule has 0 spiro atoms. The van der Waals surface area contributed by atoms with E-state index in [1.807, 2.05) is 12.4 Å². The molecule has 2 heterocycles. The van der Waals surface area contributed by atoms with E-state index in [9.17, 15) is 0 Å². The topological polar surface area (TPSA) is 18.0 Å². The van der Waals surface area contributed by atoms with E-state index in [1.165, 1.54) is 33.5 Å². The summed E-state index contributed by atoms with van der Waals surface area (Å²) in [5, 5.41) is 0. The van der Waals surface area contributed by atoms with Crippen LogP contribution in [-0.2, 0) is 0 Å². The summed E-state index contributed by atoms with van der Waals surface area (Å²) in [4.78, 5) is 3.05. The third-order valence-electron chi connectivity index (χ3n) is 3.77. The first-order valence-electron chi connectivity index (χ1n) is 7.21. The number of aromatic amines is 1. The van der Waals surface area contributed by atoms with Gasteiger partial charge in [-0.25, -0.2) is 4.98 Å². The Hall–Kier alpha value is -1.90. The number of nitrogens with zero attached hydrogens (tertiary/aromatic N) is 1. The highest BCUT2D eigenvalue weighted by atomic mass is 35.5. The molecular formula is C19H20Cl2N2. The number of halogens is 2. The monoisotopic (exact) mass is 346 g/mol. The van der Waals surface area contributed by atoms with Crippen molar-refractivity contribution in [1.29, 1.82) is 0 Å². The van der Waals surface area contributed by atoms with Crippen LogP contribution >= 0.6 is 0 Å². The quantitative estimate of drug-likeness (QED) is 0.452. The maximum Gasteiger partial charge on any atom is 0.216 e. The predicted molar refractivity (Wildman–Crippen MR) is 84.2 cm³/mol. The van der Waals surface area contributed by atoms with E-state index in [1.54, 1.807) is 0 Å². The maximum atomic E-state index is 3.05. The normalized spacial score (nSPS) is 9.70. The van der Waals surface area contributed by atoms with Crippen molar-refractivity contribution < 1.29 is 34.4 Å². The summed E-state index contributed by atoms with van der Waals surface area (Å²) in [5.41, 5.74) is 7.64. The summed E-state index contributed by atoms with van der Waals surface area (Å²) in [6.45, 7) is 6.48. The summed E-state index contributed by atoms with van der Waals surface area (Å²) < 4.78 is 2.20. The number of aryl methyl sites for hydroxylation is 3. The summed E-state index contributed by atoms with van der Waals surface area (Å²) in [6.07, 6.45) is 8.17. The van der Waals surface area contributed by atoms with Gasteiger partial charge in [-0.1, -0.05) is 5.56 Å².